The van der Waals surface area contributed by atoms with Gasteiger partial charge in [-0.1, -0.05) is 18.2 Å². The van der Waals surface area contributed by atoms with E-state index in [1.807, 2.05) is 18.2 Å². The van der Waals surface area contributed by atoms with Gasteiger partial charge in [-0.3, -0.25) is 0 Å². The lowest BCUT2D eigenvalue weighted by Crippen LogP contribution is -2.21. The van der Waals surface area contributed by atoms with Crippen LogP contribution in [0.15, 0.2) is 36.4 Å². The molecule has 0 spiro atoms. The Labute approximate surface area is 114 Å². The molecule has 5 heteroatoms. The molecule has 1 unspecified atom stereocenters. The SMILES string of the molecule is Fc1cc(F)c(NC2CCOc3ccccc32)c(F)c1. The van der Waals surface area contributed by atoms with Crippen LogP contribution >= 0.6 is 0 Å². The number of para-hydroxylation sites is 1. The van der Waals surface area contributed by atoms with E-state index in [2.05, 4.69) is 5.32 Å². The van der Waals surface area contributed by atoms with Gasteiger partial charge >= 0.3 is 0 Å². The van der Waals surface area contributed by atoms with Gasteiger partial charge in [0.15, 0.2) is 11.6 Å². The fourth-order valence-electron chi connectivity index (χ4n) is 2.35. The van der Waals surface area contributed by atoms with Crippen molar-refractivity contribution < 1.29 is 17.9 Å². The second-order valence-corrected chi connectivity index (χ2v) is 4.62. The highest BCUT2D eigenvalue weighted by molar-refractivity contribution is 5.50. The number of ether oxygens (including phenoxy) is 1. The zero-order chi connectivity index (χ0) is 14.1. The standard InChI is InChI=1S/C15H12F3NO/c16-9-7-11(17)15(12(18)8-9)19-13-5-6-20-14-4-2-1-3-10(13)14/h1-4,7-8,13,19H,5-6H2. The molecule has 2 nitrogen and oxygen atoms in total. The lowest BCUT2D eigenvalue weighted by Gasteiger charge is -2.27. The van der Waals surface area contributed by atoms with E-state index in [1.54, 1.807) is 6.07 Å². The molecule has 0 saturated heterocycles. The van der Waals surface area contributed by atoms with Crippen molar-refractivity contribution in [2.45, 2.75) is 12.5 Å². The number of hydrogen-bond donors (Lipinski definition) is 1. The smallest absolute Gasteiger partial charge is 0.152 e. The quantitative estimate of drug-likeness (QED) is 0.895. The Morgan fingerprint density at radius 2 is 1.75 bits per heavy atom. The van der Waals surface area contributed by atoms with Gasteiger partial charge in [-0.25, -0.2) is 13.2 Å². The fraction of sp³-hybridized carbons (Fsp3) is 0.200. The van der Waals surface area contributed by atoms with Crippen molar-refractivity contribution in [3.63, 3.8) is 0 Å². The number of benzene rings is 2. The summed E-state index contributed by atoms with van der Waals surface area (Å²) < 4.78 is 45.7. The summed E-state index contributed by atoms with van der Waals surface area (Å²) in [7, 11) is 0. The molecule has 1 heterocycles. The molecule has 0 fully saturated rings. The average Bonchev–Trinajstić information content (AvgIpc) is 2.43. The number of hydrogen-bond acceptors (Lipinski definition) is 2. The van der Waals surface area contributed by atoms with Crippen LogP contribution in [0.2, 0.25) is 0 Å². The maximum absolute atomic E-state index is 13.7. The molecule has 0 radical (unpaired) electrons. The molecular formula is C15H12F3NO. The van der Waals surface area contributed by atoms with Crippen LogP contribution in [0.1, 0.15) is 18.0 Å². The Bertz CT molecular complexity index is 622. The molecule has 0 bridgehead atoms. The predicted molar refractivity (Wildman–Crippen MR) is 69.2 cm³/mol. The highest BCUT2D eigenvalue weighted by Crippen LogP contribution is 2.35. The third-order valence-corrected chi connectivity index (χ3v) is 3.28. The minimum Gasteiger partial charge on any atom is -0.493 e. The molecule has 2 aromatic carbocycles. The van der Waals surface area contributed by atoms with E-state index in [9.17, 15) is 13.2 Å². The van der Waals surface area contributed by atoms with Crippen molar-refractivity contribution in [3.05, 3.63) is 59.4 Å². The first-order valence-electron chi connectivity index (χ1n) is 6.28. The Hall–Kier alpha value is -2.17. The second kappa shape index (κ2) is 5.07. The second-order valence-electron chi connectivity index (χ2n) is 4.62. The molecule has 3 rings (SSSR count). The third kappa shape index (κ3) is 2.31. The Balaban J connectivity index is 1.94. The number of halogens is 3. The molecule has 20 heavy (non-hydrogen) atoms. The van der Waals surface area contributed by atoms with Crippen molar-refractivity contribution in [1.82, 2.24) is 0 Å². The molecule has 0 aliphatic carbocycles. The van der Waals surface area contributed by atoms with Gasteiger partial charge in [-0.15, -0.1) is 0 Å². The molecule has 1 aliphatic rings. The summed E-state index contributed by atoms with van der Waals surface area (Å²) in [4.78, 5) is 0. The Morgan fingerprint density at radius 1 is 1.05 bits per heavy atom. The first kappa shape index (κ1) is 12.8. The molecule has 0 saturated carbocycles. The van der Waals surface area contributed by atoms with Gasteiger partial charge in [0.25, 0.3) is 0 Å². The van der Waals surface area contributed by atoms with E-state index < -0.39 is 17.5 Å². The maximum atomic E-state index is 13.7. The number of fused-ring (bicyclic) bond motifs is 1. The zero-order valence-corrected chi connectivity index (χ0v) is 10.5. The van der Waals surface area contributed by atoms with E-state index in [1.165, 1.54) is 0 Å². The Morgan fingerprint density at radius 3 is 2.50 bits per heavy atom. The highest BCUT2D eigenvalue weighted by atomic mass is 19.1. The van der Waals surface area contributed by atoms with Crippen LogP contribution in [0.4, 0.5) is 18.9 Å². The van der Waals surface area contributed by atoms with Crippen LogP contribution in [0, 0.1) is 17.5 Å². The highest BCUT2D eigenvalue weighted by Gasteiger charge is 2.23. The van der Waals surface area contributed by atoms with Crippen LogP contribution in [0.3, 0.4) is 0 Å². The maximum Gasteiger partial charge on any atom is 0.152 e. The Kier molecular flexibility index (Phi) is 3.26. The van der Waals surface area contributed by atoms with Crippen molar-refractivity contribution >= 4 is 5.69 Å². The van der Waals surface area contributed by atoms with Crippen LogP contribution in [-0.4, -0.2) is 6.61 Å². The molecule has 1 atom stereocenters. The summed E-state index contributed by atoms with van der Waals surface area (Å²) in [6.07, 6.45) is 0.577. The predicted octanol–water partition coefficient (Wildman–Crippen LogP) is 4.04. The van der Waals surface area contributed by atoms with E-state index in [-0.39, 0.29) is 11.7 Å². The van der Waals surface area contributed by atoms with Crippen molar-refractivity contribution in [2.75, 3.05) is 11.9 Å². The monoisotopic (exact) mass is 279 g/mol. The number of rotatable bonds is 2. The van der Waals surface area contributed by atoms with Crippen molar-refractivity contribution in [2.24, 2.45) is 0 Å². The van der Waals surface area contributed by atoms with Crippen molar-refractivity contribution in [1.29, 1.82) is 0 Å². The van der Waals surface area contributed by atoms with Gasteiger partial charge in [0, 0.05) is 24.1 Å². The van der Waals surface area contributed by atoms with Crippen LogP contribution in [0.25, 0.3) is 0 Å². The minimum absolute atomic E-state index is 0.269. The molecule has 1 N–H and O–H groups in total. The topological polar surface area (TPSA) is 21.3 Å². The fourth-order valence-corrected chi connectivity index (χ4v) is 2.35. The summed E-state index contributed by atoms with van der Waals surface area (Å²) in [5.41, 5.74) is 0.523. The average molecular weight is 279 g/mol. The van der Waals surface area contributed by atoms with Gasteiger partial charge in [-0.2, -0.15) is 0 Å². The number of anilines is 1. The first-order valence-corrected chi connectivity index (χ1v) is 6.28. The van der Waals surface area contributed by atoms with E-state index in [0.717, 1.165) is 5.56 Å². The van der Waals surface area contributed by atoms with E-state index in [0.29, 0.717) is 30.9 Å². The van der Waals surface area contributed by atoms with Crippen LogP contribution < -0.4 is 10.1 Å². The lowest BCUT2D eigenvalue weighted by atomic mass is 10.00. The first-order chi connectivity index (χ1) is 9.65. The molecule has 0 aromatic heterocycles. The summed E-state index contributed by atoms with van der Waals surface area (Å²) >= 11 is 0. The van der Waals surface area contributed by atoms with Gasteiger partial charge in [0.1, 0.15) is 17.3 Å². The summed E-state index contributed by atoms with van der Waals surface area (Å²) in [5.74, 6) is -2.12. The van der Waals surface area contributed by atoms with E-state index in [4.69, 9.17) is 4.74 Å². The molecule has 2 aromatic rings. The largest absolute Gasteiger partial charge is 0.493 e. The number of nitrogens with one attached hydrogen (secondary N) is 1. The lowest BCUT2D eigenvalue weighted by molar-refractivity contribution is 0.274. The van der Waals surface area contributed by atoms with Gasteiger partial charge < -0.3 is 10.1 Å². The van der Waals surface area contributed by atoms with Crippen LogP contribution in [-0.2, 0) is 0 Å². The van der Waals surface area contributed by atoms with Crippen LogP contribution in [0.5, 0.6) is 5.75 Å². The zero-order valence-electron chi connectivity index (χ0n) is 10.5. The summed E-state index contributed by atoms with van der Waals surface area (Å²) in [6, 6.07) is 8.37. The molecule has 104 valence electrons. The molecular weight excluding hydrogens is 267 g/mol. The van der Waals surface area contributed by atoms with E-state index >= 15 is 0 Å². The molecule has 0 amide bonds. The minimum atomic E-state index is -0.938. The third-order valence-electron chi connectivity index (χ3n) is 3.28. The van der Waals surface area contributed by atoms with Crippen molar-refractivity contribution in [3.8, 4) is 5.75 Å². The normalized spacial score (nSPS) is 17.2. The summed E-state index contributed by atoms with van der Waals surface area (Å²) in [5, 5.41) is 2.80. The summed E-state index contributed by atoms with van der Waals surface area (Å²) in [6.45, 7) is 0.457. The van der Waals surface area contributed by atoms with Gasteiger partial charge in [0.2, 0.25) is 0 Å². The van der Waals surface area contributed by atoms with Gasteiger partial charge in [0.05, 0.1) is 12.6 Å². The van der Waals surface area contributed by atoms with Gasteiger partial charge in [-0.05, 0) is 6.07 Å². The molecule has 1 aliphatic heterocycles.